The minimum atomic E-state index is -1.35. The predicted octanol–water partition coefficient (Wildman–Crippen LogP) is 0.813. The number of ketones is 1. The van der Waals surface area contributed by atoms with Crippen molar-refractivity contribution in [1.29, 1.82) is 0 Å². The molecule has 0 radical (unpaired) electrons. The molecule has 0 aromatic rings. The molecule has 19 heavy (non-hydrogen) atoms. The molecule has 6 nitrogen and oxygen atoms in total. The maximum atomic E-state index is 12.2. The van der Waals surface area contributed by atoms with E-state index >= 15 is 0 Å². The Balaban J connectivity index is 2.03. The fourth-order valence-corrected chi connectivity index (χ4v) is 2.27. The number of ether oxygens (including phenoxy) is 4. The molecule has 2 fully saturated rings. The zero-order valence-electron chi connectivity index (χ0n) is 12.0. The van der Waals surface area contributed by atoms with Gasteiger partial charge in [-0.25, -0.2) is 0 Å². The van der Waals surface area contributed by atoms with Crippen LogP contribution in [0.5, 0.6) is 0 Å². The molecule has 0 aromatic heterocycles. The molecule has 0 saturated carbocycles. The smallest absolute Gasteiger partial charge is 0.172 e. The molecule has 2 saturated heterocycles. The van der Waals surface area contributed by atoms with Crippen LogP contribution in [0.2, 0.25) is 0 Å². The van der Waals surface area contributed by atoms with Gasteiger partial charge in [0, 0.05) is 0 Å². The molecule has 0 spiro atoms. The first-order valence-corrected chi connectivity index (χ1v) is 6.50. The van der Waals surface area contributed by atoms with E-state index in [4.69, 9.17) is 18.9 Å². The lowest BCUT2D eigenvalue weighted by molar-refractivity contribution is -0.282. The Morgan fingerprint density at radius 2 is 2.05 bits per heavy atom. The van der Waals surface area contributed by atoms with E-state index in [1.165, 1.54) is 13.8 Å². The normalized spacial score (nSPS) is 38.9. The van der Waals surface area contributed by atoms with Crippen molar-refractivity contribution in [3.8, 4) is 0 Å². The fourth-order valence-electron chi connectivity index (χ4n) is 2.27. The molecule has 4 atom stereocenters. The zero-order chi connectivity index (χ0) is 14.4. The third-order valence-corrected chi connectivity index (χ3v) is 3.19. The van der Waals surface area contributed by atoms with E-state index in [-0.39, 0.29) is 5.78 Å². The second kappa shape index (κ2) is 4.79. The molecular formula is C13H22O6. The maximum Gasteiger partial charge on any atom is 0.172 e. The Kier molecular flexibility index (Phi) is 3.75. The highest BCUT2D eigenvalue weighted by Crippen LogP contribution is 2.33. The predicted molar refractivity (Wildman–Crippen MR) is 65.1 cm³/mol. The molecule has 0 bridgehead atoms. The highest BCUT2D eigenvalue weighted by Gasteiger charge is 2.50. The second-order valence-electron chi connectivity index (χ2n) is 6.05. The Hall–Kier alpha value is -0.530. The van der Waals surface area contributed by atoms with Crippen molar-refractivity contribution in [3.05, 3.63) is 0 Å². The van der Waals surface area contributed by atoms with Gasteiger partial charge in [0.05, 0.1) is 12.5 Å². The van der Waals surface area contributed by atoms with Crippen molar-refractivity contribution in [1.82, 2.24) is 0 Å². The summed E-state index contributed by atoms with van der Waals surface area (Å²) in [7, 11) is 0. The number of carbonyl (C=O) groups is 1. The molecule has 110 valence electrons. The SMILES string of the molecule is CC1C(=O)[C@@H](C2COC(C)(C)O2)OC1OC(C)(C)O. The van der Waals surface area contributed by atoms with Gasteiger partial charge in [-0.3, -0.25) is 4.79 Å². The van der Waals surface area contributed by atoms with E-state index in [1.807, 2.05) is 0 Å². The van der Waals surface area contributed by atoms with Gasteiger partial charge in [0.2, 0.25) is 0 Å². The molecule has 3 unspecified atom stereocenters. The third kappa shape index (κ3) is 3.32. The van der Waals surface area contributed by atoms with E-state index in [1.54, 1.807) is 20.8 Å². The van der Waals surface area contributed by atoms with Crippen LogP contribution in [-0.4, -0.2) is 47.6 Å². The molecule has 2 rings (SSSR count). The zero-order valence-corrected chi connectivity index (χ0v) is 12.0. The quantitative estimate of drug-likeness (QED) is 0.768. The van der Waals surface area contributed by atoms with Crippen molar-refractivity contribution in [2.24, 2.45) is 5.92 Å². The maximum absolute atomic E-state index is 12.2. The van der Waals surface area contributed by atoms with Crippen LogP contribution in [-0.2, 0) is 23.7 Å². The van der Waals surface area contributed by atoms with Crippen LogP contribution < -0.4 is 0 Å². The van der Waals surface area contributed by atoms with Crippen LogP contribution in [0.1, 0.15) is 34.6 Å². The molecule has 2 aliphatic rings. The number of hydrogen-bond acceptors (Lipinski definition) is 6. The molecule has 2 aliphatic heterocycles. The summed E-state index contributed by atoms with van der Waals surface area (Å²) in [6.45, 7) is 8.62. The van der Waals surface area contributed by atoms with Gasteiger partial charge in [-0.15, -0.1) is 0 Å². The van der Waals surface area contributed by atoms with Gasteiger partial charge >= 0.3 is 0 Å². The van der Waals surface area contributed by atoms with E-state index in [0.29, 0.717) is 6.61 Å². The van der Waals surface area contributed by atoms with Crippen molar-refractivity contribution in [2.45, 2.75) is 64.7 Å². The van der Waals surface area contributed by atoms with Crippen LogP contribution in [0.3, 0.4) is 0 Å². The van der Waals surface area contributed by atoms with Gasteiger partial charge < -0.3 is 24.1 Å². The summed E-state index contributed by atoms with van der Waals surface area (Å²) < 4.78 is 22.0. The number of carbonyl (C=O) groups excluding carboxylic acids is 1. The standard InChI is InChI=1S/C13H22O6/c1-7-9(14)10(8-6-16-13(4,5)18-8)17-11(7)19-12(2,3)15/h7-8,10-11,15H,6H2,1-5H3/t7?,8?,10-,11?/m1/s1. The number of aliphatic hydroxyl groups is 1. The largest absolute Gasteiger partial charge is 0.366 e. The van der Waals surface area contributed by atoms with Gasteiger partial charge in [0.15, 0.2) is 23.6 Å². The summed E-state index contributed by atoms with van der Waals surface area (Å²) in [5.74, 6) is -2.57. The van der Waals surface area contributed by atoms with Gasteiger partial charge in [-0.1, -0.05) is 6.92 Å². The Morgan fingerprint density at radius 3 is 2.53 bits per heavy atom. The first-order chi connectivity index (χ1) is 8.59. The first-order valence-electron chi connectivity index (χ1n) is 6.50. The molecular weight excluding hydrogens is 252 g/mol. The van der Waals surface area contributed by atoms with Crippen molar-refractivity contribution >= 4 is 5.78 Å². The lowest BCUT2D eigenvalue weighted by atomic mass is 10.0. The van der Waals surface area contributed by atoms with Crippen molar-refractivity contribution < 1.29 is 28.8 Å². The van der Waals surface area contributed by atoms with Gasteiger partial charge in [0.25, 0.3) is 0 Å². The van der Waals surface area contributed by atoms with Crippen molar-refractivity contribution in [3.63, 3.8) is 0 Å². The van der Waals surface area contributed by atoms with Gasteiger partial charge in [0.1, 0.15) is 12.2 Å². The average Bonchev–Trinajstić information content (AvgIpc) is 2.71. The highest BCUT2D eigenvalue weighted by molar-refractivity contribution is 5.87. The van der Waals surface area contributed by atoms with Crippen molar-refractivity contribution in [2.75, 3.05) is 6.61 Å². The minimum absolute atomic E-state index is 0.0828. The van der Waals surface area contributed by atoms with Gasteiger partial charge in [-0.2, -0.15) is 0 Å². The molecule has 0 aromatic carbocycles. The monoisotopic (exact) mass is 274 g/mol. The highest BCUT2D eigenvalue weighted by atomic mass is 16.8. The Morgan fingerprint density at radius 1 is 1.42 bits per heavy atom. The molecule has 2 heterocycles. The molecule has 0 amide bonds. The van der Waals surface area contributed by atoms with Gasteiger partial charge in [-0.05, 0) is 27.7 Å². The van der Waals surface area contributed by atoms with E-state index in [2.05, 4.69) is 0 Å². The molecule has 6 heteroatoms. The van der Waals surface area contributed by atoms with Crippen LogP contribution >= 0.6 is 0 Å². The van der Waals surface area contributed by atoms with Crippen LogP contribution in [0, 0.1) is 5.92 Å². The summed E-state index contributed by atoms with van der Waals surface area (Å²) in [5, 5.41) is 9.65. The number of Topliss-reactive ketones (excluding diaryl/α,β-unsaturated/α-hetero) is 1. The molecule has 0 aliphatic carbocycles. The minimum Gasteiger partial charge on any atom is -0.366 e. The summed E-state index contributed by atoms with van der Waals surface area (Å²) in [5.41, 5.74) is 0. The van der Waals surface area contributed by atoms with Crippen LogP contribution in [0.15, 0.2) is 0 Å². The molecule has 1 N–H and O–H groups in total. The summed E-state index contributed by atoms with van der Waals surface area (Å²) in [6, 6.07) is 0. The lowest BCUT2D eigenvalue weighted by Crippen LogP contribution is -2.36. The first kappa shape index (κ1) is 14.9. The summed E-state index contributed by atoms with van der Waals surface area (Å²) in [4.78, 5) is 12.2. The number of hydrogen-bond donors (Lipinski definition) is 1. The van der Waals surface area contributed by atoms with Crippen LogP contribution in [0.25, 0.3) is 0 Å². The summed E-state index contributed by atoms with van der Waals surface area (Å²) in [6.07, 6.45) is -1.89. The van der Waals surface area contributed by atoms with E-state index in [9.17, 15) is 9.90 Å². The average molecular weight is 274 g/mol. The van der Waals surface area contributed by atoms with E-state index in [0.717, 1.165) is 0 Å². The van der Waals surface area contributed by atoms with E-state index < -0.39 is 36.0 Å². The fraction of sp³-hybridized carbons (Fsp3) is 0.923. The Labute approximate surface area is 113 Å². The topological polar surface area (TPSA) is 74.2 Å². The third-order valence-electron chi connectivity index (χ3n) is 3.19. The second-order valence-corrected chi connectivity index (χ2v) is 6.05. The summed E-state index contributed by atoms with van der Waals surface area (Å²) >= 11 is 0. The number of rotatable bonds is 3. The Bertz CT molecular complexity index is 359. The lowest BCUT2D eigenvalue weighted by Gasteiger charge is -2.25. The van der Waals surface area contributed by atoms with Crippen LogP contribution in [0.4, 0.5) is 0 Å².